The maximum Gasteiger partial charge on any atom is 0.326 e. The molecule has 0 aliphatic carbocycles. The molecule has 0 aliphatic rings. The Bertz CT molecular complexity index is 963. The zero-order chi connectivity index (χ0) is 26.0. The first-order valence-corrected chi connectivity index (χ1v) is 11.1. The lowest BCUT2D eigenvalue weighted by Crippen LogP contribution is -2.58. The Balaban J connectivity index is 2.19. The summed E-state index contributed by atoms with van der Waals surface area (Å²) in [5, 5.41) is 26.2. The number of aliphatic carboxylic acids is 1. The van der Waals surface area contributed by atoms with Gasteiger partial charge >= 0.3 is 5.97 Å². The molecule has 4 unspecified atom stereocenters. The Kier molecular flexibility index (Phi) is 10.4. The molecule has 0 saturated heterocycles. The molecule has 192 valence electrons. The molecule has 0 spiro atoms. The van der Waals surface area contributed by atoms with E-state index in [-0.39, 0.29) is 25.2 Å². The van der Waals surface area contributed by atoms with Gasteiger partial charge in [-0.1, -0.05) is 13.8 Å². The van der Waals surface area contributed by atoms with Crippen LogP contribution in [0.25, 0.3) is 0 Å². The SMILES string of the molecule is CC(C)CC(NC(=O)C(N)CO)C(=O)NC(Cc1cnc[nH]1)C(=O)NC(Cc1cnc[nH]1)C(=O)O. The Morgan fingerprint density at radius 1 is 0.886 bits per heavy atom. The van der Waals surface area contributed by atoms with E-state index in [2.05, 4.69) is 35.9 Å². The number of nitrogens with zero attached hydrogens (tertiary/aromatic N) is 2. The average Bonchev–Trinajstić information content (AvgIpc) is 3.50. The van der Waals surface area contributed by atoms with Crippen molar-refractivity contribution >= 4 is 23.7 Å². The fourth-order valence-corrected chi connectivity index (χ4v) is 3.25. The average molecular weight is 493 g/mol. The first-order valence-electron chi connectivity index (χ1n) is 11.1. The van der Waals surface area contributed by atoms with Crippen molar-refractivity contribution in [2.75, 3.05) is 6.61 Å². The van der Waals surface area contributed by atoms with Gasteiger partial charge in [0.25, 0.3) is 0 Å². The molecule has 0 aromatic carbocycles. The molecule has 0 bridgehead atoms. The molecule has 2 aromatic rings. The zero-order valence-electron chi connectivity index (χ0n) is 19.5. The van der Waals surface area contributed by atoms with Crippen molar-refractivity contribution < 1.29 is 29.4 Å². The highest BCUT2D eigenvalue weighted by Crippen LogP contribution is 2.08. The number of amides is 3. The summed E-state index contributed by atoms with van der Waals surface area (Å²) < 4.78 is 0. The monoisotopic (exact) mass is 492 g/mol. The fraction of sp³-hybridized carbons (Fsp3) is 0.524. The largest absolute Gasteiger partial charge is 0.480 e. The summed E-state index contributed by atoms with van der Waals surface area (Å²) in [6, 6.07) is -4.69. The quantitative estimate of drug-likeness (QED) is 0.143. The summed E-state index contributed by atoms with van der Waals surface area (Å²) in [6.45, 7) is 3.10. The lowest BCUT2D eigenvalue weighted by atomic mass is 10.0. The highest BCUT2D eigenvalue weighted by Gasteiger charge is 2.31. The van der Waals surface area contributed by atoms with Crippen LogP contribution in [0.1, 0.15) is 31.7 Å². The second-order valence-corrected chi connectivity index (χ2v) is 8.50. The third-order valence-corrected chi connectivity index (χ3v) is 5.08. The van der Waals surface area contributed by atoms with Gasteiger partial charge in [-0.25, -0.2) is 14.8 Å². The van der Waals surface area contributed by atoms with Crippen LogP contribution in [-0.2, 0) is 32.0 Å². The van der Waals surface area contributed by atoms with E-state index >= 15 is 0 Å². The number of aromatic nitrogens is 4. The lowest BCUT2D eigenvalue weighted by Gasteiger charge is -2.25. The molecule has 4 atom stereocenters. The van der Waals surface area contributed by atoms with Gasteiger partial charge in [0, 0.05) is 36.6 Å². The van der Waals surface area contributed by atoms with Crippen LogP contribution in [0.15, 0.2) is 25.0 Å². The maximum absolute atomic E-state index is 13.1. The van der Waals surface area contributed by atoms with E-state index in [1.165, 1.54) is 25.0 Å². The second-order valence-electron chi connectivity index (χ2n) is 8.50. The first-order chi connectivity index (χ1) is 16.6. The molecule has 14 heteroatoms. The molecule has 0 aliphatic heterocycles. The number of carbonyl (C=O) groups excluding carboxylic acids is 3. The minimum absolute atomic E-state index is 0.00193. The van der Waals surface area contributed by atoms with Gasteiger partial charge in [-0.15, -0.1) is 0 Å². The minimum Gasteiger partial charge on any atom is -0.480 e. The number of carbonyl (C=O) groups is 4. The van der Waals surface area contributed by atoms with Crippen LogP contribution in [0.5, 0.6) is 0 Å². The number of aliphatic hydroxyl groups is 1. The predicted molar refractivity (Wildman–Crippen MR) is 123 cm³/mol. The summed E-state index contributed by atoms with van der Waals surface area (Å²) in [5.74, 6) is -3.36. The molecule has 0 radical (unpaired) electrons. The van der Waals surface area contributed by atoms with Crippen LogP contribution in [0.4, 0.5) is 0 Å². The van der Waals surface area contributed by atoms with Crippen molar-refractivity contribution in [2.24, 2.45) is 11.7 Å². The molecule has 35 heavy (non-hydrogen) atoms. The van der Waals surface area contributed by atoms with Gasteiger partial charge in [0.1, 0.15) is 24.2 Å². The van der Waals surface area contributed by atoms with E-state index in [9.17, 15) is 24.3 Å². The van der Waals surface area contributed by atoms with Gasteiger partial charge in [0.15, 0.2) is 0 Å². The number of nitrogens with two attached hydrogens (primary N) is 1. The number of hydrogen-bond acceptors (Lipinski definition) is 8. The highest BCUT2D eigenvalue weighted by atomic mass is 16.4. The number of carboxylic acids is 1. The van der Waals surface area contributed by atoms with Crippen LogP contribution in [-0.4, -0.2) is 84.6 Å². The molecule has 2 heterocycles. The smallest absolute Gasteiger partial charge is 0.326 e. The molecule has 3 amide bonds. The van der Waals surface area contributed by atoms with Gasteiger partial charge < -0.3 is 41.9 Å². The number of hydrogen-bond donors (Lipinski definition) is 8. The fourth-order valence-electron chi connectivity index (χ4n) is 3.25. The highest BCUT2D eigenvalue weighted by molar-refractivity contribution is 5.94. The van der Waals surface area contributed by atoms with Gasteiger partial charge in [-0.3, -0.25) is 14.4 Å². The molecule has 2 aromatic heterocycles. The molecule has 9 N–H and O–H groups in total. The second kappa shape index (κ2) is 13.2. The van der Waals surface area contributed by atoms with Crippen LogP contribution in [0, 0.1) is 5.92 Å². The molecular weight excluding hydrogens is 460 g/mol. The van der Waals surface area contributed by atoms with E-state index in [1.54, 1.807) is 0 Å². The van der Waals surface area contributed by atoms with E-state index in [0.717, 1.165) is 0 Å². The molecule has 0 saturated carbocycles. The van der Waals surface area contributed by atoms with Crippen LogP contribution >= 0.6 is 0 Å². The summed E-state index contributed by atoms with van der Waals surface area (Å²) in [7, 11) is 0. The zero-order valence-corrected chi connectivity index (χ0v) is 19.5. The van der Waals surface area contributed by atoms with E-state index < -0.39 is 54.5 Å². The van der Waals surface area contributed by atoms with E-state index in [4.69, 9.17) is 10.8 Å². The number of H-pyrrole nitrogens is 2. The topological polar surface area (TPSA) is 228 Å². The van der Waals surface area contributed by atoms with E-state index in [0.29, 0.717) is 11.4 Å². The number of nitrogens with one attached hydrogen (secondary N) is 5. The number of rotatable bonds is 14. The number of aliphatic hydroxyl groups excluding tert-OH is 1. The van der Waals surface area contributed by atoms with Crippen molar-refractivity contribution in [1.29, 1.82) is 0 Å². The normalized spacial score (nSPS) is 14.5. The number of carboxylic acid groups (broad SMARTS) is 1. The third kappa shape index (κ3) is 8.83. The summed E-state index contributed by atoms with van der Waals surface area (Å²) >= 11 is 0. The Labute approximate surface area is 201 Å². The van der Waals surface area contributed by atoms with E-state index in [1.807, 2.05) is 13.8 Å². The Morgan fingerprint density at radius 2 is 1.37 bits per heavy atom. The number of aromatic amines is 2. The predicted octanol–water partition coefficient (Wildman–Crippen LogP) is -2.18. The Hall–Kier alpha value is -3.78. The Morgan fingerprint density at radius 3 is 1.83 bits per heavy atom. The minimum atomic E-state index is -1.28. The molecule has 0 fully saturated rings. The van der Waals surface area contributed by atoms with Crippen molar-refractivity contribution in [3.05, 3.63) is 36.4 Å². The van der Waals surface area contributed by atoms with Gasteiger partial charge in [0.2, 0.25) is 17.7 Å². The van der Waals surface area contributed by atoms with Gasteiger partial charge in [-0.2, -0.15) is 0 Å². The van der Waals surface area contributed by atoms with Crippen molar-refractivity contribution in [3.63, 3.8) is 0 Å². The molecular formula is C21H32N8O6. The summed E-state index contributed by atoms with van der Waals surface area (Å²) in [5.41, 5.74) is 6.57. The van der Waals surface area contributed by atoms with Crippen molar-refractivity contribution in [3.8, 4) is 0 Å². The van der Waals surface area contributed by atoms with Crippen LogP contribution in [0.2, 0.25) is 0 Å². The molecule has 14 nitrogen and oxygen atoms in total. The molecule has 2 rings (SSSR count). The van der Waals surface area contributed by atoms with Crippen molar-refractivity contribution in [1.82, 2.24) is 35.9 Å². The van der Waals surface area contributed by atoms with Crippen LogP contribution < -0.4 is 21.7 Å². The summed E-state index contributed by atoms with van der Waals surface area (Å²) in [6.07, 6.45) is 5.91. The standard InChI is InChI=1S/C21H32N8O6/c1-11(2)3-15(27-18(31)14(22)8-30)19(32)28-16(4-12-6-23-9-25-12)20(33)29-17(21(34)35)5-13-7-24-10-26-13/h6-7,9-11,14-17,30H,3-5,8,22H2,1-2H3,(H,23,25)(H,24,26)(H,27,31)(H,28,32)(H,29,33)(H,34,35). The first kappa shape index (κ1) is 27.5. The third-order valence-electron chi connectivity index (χ3n) is 5.08. The summed E-state index contributed by atoms with van der Waals surface area (Å²) in [4.78, 5) is 63.4. The van der Waals surface area contributed by atoms with Gasteiger partial charge in [0.05, 0.1) is 19.3 Å². The van der Waals surface area contributed by atoms with Gasteiger partial charge in [-0.05, 0) is 12.3 Å². The number of imidazole rings is 2. The van der Waals surface area contributed by atoms with Crippen molar-refractivity contribution in [2.45, 2.75) is 57.3 Å². The maximum atomic E-state index is 13.1. The lowest BCUT2D eigenvalue weighted by molar-refractivity contribution is -0.142. The van der Waals surface area contributed by atoms with Crippen LogP contribution in [0.3, 0.4) is 0 Å².